The van der Waals surface area contributed by atoms with Gasteiger partial charge in [-0.1, -0.05) is 41.4 Å². The maximum Gasteiger partial charge on any atom is 0.124 e. The molecule has 6 heteroatoms. The first-order chi connectivity index (χ1) is 13.6. The molecule has 0 aliphatic carbocycles. The molecular formula is C22H12Cl2FN3. The topological polar surface area (TPSA) is 30.7 Å². The van der Waals surface area contributed by atoms with Crippen molar-refractivity contribution in [2.24, 2.45) is 0 Å². The normalized spacial score (nSPS) is 11.4. The number of hydrogen-bond acceptors (Lipinski definition) is 2. The fourth-order valence-corrected chi connectivity index (χ4v) is 3.68. The van der Waals surface area contributed by atoms with Crippen LogP contribution >= 0.6 is 23.2 Å². The number of hydrogen-bond donors (Lipinski definition) is 0. The van der Waals surface area contributed by atoms with Gasteiger partial charge in [0.15, 0.2) is 0 Å². The van der Waals surface area contributed by atoms with Crippen LogP contribution in [0.2, 0.25) is 10.0 Å². The maximum atomic E-state index is 14.0. The van der Waals surface area contributed by atoms with Crippen molar-refractivity contribution in [1.29, 1.82) is 0 Å². The zero-order valence-electron chi connectivity index (χ0n) is 14.4. The third-order valence-corrected chi connectivity index (χ3v) is 5.13. The standard InChI is InChI=1S/C22H12Cl2FN3/c23-14-6-4-13(5-7-14)21-19-12-26-20-9-8-16(25)11-18(20)22(19)28(27-21)17-3-1-2-15(24)10-17/h1-12H. The number of rotatable bonds is 2. The molecule has 28 heavy (non-hydrogen) atoms. The largest absolute Gasteiger partial charge is 0.255 e. The Bertz CT molecular complexity index is 1340. The van der Waals surface area contributed by atoms with Crippen molar-refractivity contribution in [3.05, 3.63) is 88.8 Å². The molecule has 0 bridgehead atoms. The first-order valence-corrected chi connectivity index (χ1v) is 9.34. The van der Waals surface area contributed by atoms with Crippen LogP contribution in [-0.4, -0.2) is 14.8 Å². The van der Waals surface area contributed by atoms with Gasteiger partial charge in [0.2, 0.25) is 0 Å². The molecule has 0 atom stereocenters. The van der Waals surface area contributed by atoms with Crippen LogP contribution in [0.1, 0.15) is 0 Å². The molecular weight excluding hydrogens is 396 g/mol. The summed E-state index contributed by atoms with van der Waals surface area (Å²) in [4.78, 5) is 4.51. The fraction of sp³-hybridized carbons (Fsp3) is 0. The quantitative estimate of drug-likeness (QED) is 0.326. The summed E-state index contributed by atoms with van der Waals surface area (Å²) in [7, 11) is 0. The second-order valence-corrected chi connectivity index (χ2v) is 7.30. The molecule has 0 saturated heterocycles. The van der Waals surface area contributed by atoms with E-state index in [1.165, 1.54) is 12.1 Å². The molecule has 0 radical (unpaired) electrons. The smallest absolute Gasteiger partial charge is 0.124 e. The number of benzene rings is 3. The van der Waals surface area contributed by atoms with Gasteiger partial charge in [0.1, 0.15) is 11.5 Å². The van der Waals surface area contributed by atoms with Gasteiger partial charge in [0, 0.05) is 32.6 Å². The lowest BCUT2D eigenvalue weighted by Gasteiger charge is -2.06. The molecule has 2 heterocycles. The van der Waals surface area contributed by atoms with Gasteiger partial charge >= 0.3 is 0 Å². The highest BCUT2D eigenvalue weighted by Crippen LogP contribution is 2.34. The van der Waals surface area contributed by atoms with Gasteiger partial charge in [-0.3, -0.25) is 4.98 Å². The molecule has 0 unspecified atom stereocenters. The van der Waals surface area contributed by atoms with Crippen molar-refractivity contribution in [2.45, 2.75) is 0 Å². The van der Waals surface area contributed by atoms with Gasteiger partial charge in [-0.2, -0.15) is 5.10 Å². The van der Waals surface area contributed by atoms with Crippen molar-refractivity contribution in [3.63, 3.8) is 0 Å². The Morgan fingerprint density at radius 2 is 1.64 bits per heavy atom. The van der Waals surface area contributed by atoms with Crippen LogP contribution in [0.25, 0.3) is 38.8 Å². The molecule has 0 amide bonds. The summed E-state index contributed by atoms with van der Waals surface area (Å²) in [5, 5.41) is 7.58. The molecule has 0 aliphatic rings. The van der Waals surface area contributed by atoms with Crippen LogP contribution in [0.15, 0.2) is 72.9 Å². The number of halogens is 3. The molecule has 0 N–H and O–H groups in total. The summed E-state index contributed by atoms with van der Waals surface area (Å²) in [6.07, 6.45) is 1.77. The molecule has 0 saturated carbocycles. The first-order valence-electron chi connectivity index (χ1n) is 8.59. The Labute approximate surface area is 170 Å². The van der Waals surface area contributed by atoms with E-state index in [2.05, 4.69) is 4.98 Å². The lowest BCUT2D eigenvalue weighted by molar-refractivity contribution is 0.629. The Morgan fingerprint density at radius 1 is 0.821 bits per heavy atom. The predicted octanol–water partition coefficient (Wildman–Crippen LogP) is 6.69. The van der Waals surface area contributed by atoms with Crippen LogP contribution in [0.5, 0.6) is 0 Å². The van der Waals surface area contributed by atoms with Crippen LogP contribution < -0.4 is 0 Å². The van der Waals surface area contributed by atoms with Gasteiger partial charge in [-0.15, -0.1) is 0 Å². The van der Waals surface area contributed by atoms with Crippen molar-refractivity contribution in [1.82, 2.24) is 14.8 Å². The molecule has 3 nitrogen and oxygen atoms in total. The number of aromatic nitrogens is 3. The van der Waals surface area contributed by atoms with Gasteiger partial charge in [0.05, 0.1) is 16.7 Å². The summed E-state index contributed by atoms with van der Waals surface area (Å²) < 4.78 is 15.8. The minimum Gasteiger partial charge on any atom is -0.255 e. The van der Waals surface area contributed by atoms with E-state index >= 15 is 0 Å². The third kappa shape index (κ3) is 2.82. The van der Waals surface area contributed by atoms with Gasteiger partial charge in [0.25, 0.3) is 0 Å². The zero-order chi connectivity index (χ0) is 19.3. The van der Waals surface area contributed by atoms with Gasteiger partial charge in [-0.25, -0.2) is 9.07 Å². The molecule has 5 aromatic rings. The molecule has 0 spiro atoms. The van der Waals surface area contributed by atoms with E-state index in [1.54, 1.807) is 23.0 Å². The minimum atomic E-state index is -0.325. The summed E-state index contributed by atoms with van der Waals surface area (Å²) >= 11 is 12.2. The molecule has 3 aromatic carbocycles. The monoisotopic (exact) mass is 407 g/mol. The van der Waals surface area contributed by atoms with Gasteiger partial charge < -0.3 is 0 Å². The lowest BCUT2D eigenvalue weighted by atomic mass is 10.1. The number of nitrogens with zero attached hydrogens (tertiary/aromatic N) is 3. The van der Waals surface area contributed by atoms with Crippen LogP contribution in [0.3, 0.4) is 0 Å². The van der Waals surface area contributed by atoms with E-state index < -0.39 is 0 Å². The van der Waals surface area contributed by atoms with E-state index in [1.807, 2.05) is 42.5 Å². The van der Waals surface area contributed by atoms with E-state index in [0.29, 0.717) is 20.9 Å². The van der Waals surface area contributed by atoms with Gasteiger partial charge in [-0.05, 0) is 48.5 Å². The van der Waals surface area contributed by atoms with Crippen molar-refractivity contribution >= 4 is 45.0 Å². The molecule has 0 fully saturated rings. The minimum absolute atomic E-state index is 0.325. The van der Waals surface area contributed by atoms with E-state index in [0.717, 1.165) is 27.8 Å². The van der Waals surface area contributed by atoms with E-state index in [-0.39, 0.29) is 5.82 Å². The second kappa shape index (κ2) is 6.59. The second-order valence-electron chi connectivity index (χ2n) is 6.43. The fourth-order valence-electron chi connectivity index (χ4n) is 3.37. The predicted molar refractivity (Wildman–Crippen MR) is 112 cm³/mol. The molecule has 2 aromatic heterocycles. The Hall–Kier alpha value is -2.95. The Morgan fingerprint density at radius 3 is 2.43 bits per heavy atom. The number of fused-ring (bicyclic) bond motifs is 3. The van der Waals surface area contributed by atoms with Crippen LogP contribution in [-0.2, 0) is 0 Å². The zero-order valence-corrected chi connectivity index (χ0v) is 15.9. The maximum absolute atomic E-state index is 14.0. The number of pyridine rings is 1. The summed E-state index contributed by atoms with van der Waals surface area (Å²) in [5.41, 5.74) is 3.89. The Kier molecular flexibility index (Phi) is 4.04. The average molecular weight is 408 g/mol. The van der Waals surface area contributed by atoms with Crippen molar-refractivity contribution < 1.29 is 4.39 Å². The summed E-state index contributed by atoms with van der Waals surface area (Å²) in [5.74, 6) is -0.325. The molecule has 0 aliphatic heterocycles. The van der Waals surface area contributed by atoms with Crippen molar-refractivity contribution in [2.75, 3.05) is 0 Å². The van der Waals surface area contributed by atoms with Crippen LogP contribution in [0.4, 0.5) is 4.39 Å². The first kappa shape index (κ1) is 17.2. The van der Waals surface area contributed by atoms with E-state index in [9.17, 15) is 4.39 Å². The molecule has 5 rings (SSSR count). The third-order valence-electron chi connectivity index (χ3n) is 4.64. The highest BCUT2D eigenvalue weighted by atomic mass is 35.5. The summed E-state index contributed by atoms with van der Waals surface area (Å²) in [6, 6.07) is 19.4. The highest BCUT2D eigenvalue weighted by molar-refractivity contribution is 6.31. The van der Waals surface area contributed by atoms with Crippen molar-refractivity contribution in [3.8, 4) is 16.9 Å². The lowest BCUT2D eigenvalue weighted by Crippen LogP contribution is -1.97. The SMILES string of the molecule is Fc1ccc2ncc3c(-c4ccc(Cl)cc4)nn(-c4cccc(Cl)c4)c3c2c1. The Balaban J connectivity index is 1.91. The summed E-state index contributed by atoms with van der Waals surface area (Å²) in [6.45, 7) is 0. The molecule has 136 valence electrons. The van der Waals surface area contributed by atoms with Crippen LogP contribution in [0, 0.1) is 5.82 Å². The van der Waals surface area contributed by atoms with E-state index in [4.69, 9.17) is 28.3 Å². The highest BCUT2D eigenvalue weighted by Gasteiger charge is 2.17. The average Bonchev–Trinajstić information content (AvgIpc) is 3.09.